The van der Waals surface area contributed by atoms with E-state index in [1.165, 1.54) is 0 Å². The van der Waals surface area contributed by atoms with E-state index in [4.69, 9.17) is 5.11 Å². The highest BCUT2D eigenvalue weighted by atomic mass is 19.3. The summed E-state index contributed by atoms with van der Waals surface area (Å²) >= 11 is 0. The molecule has 0 atom stereocenters. The lowest BCUT2D eigenvalue weighted by atomic mass is 10.3. The van der Waals surface area contributed by atoms with Gasteiger partial charge in [-0.25, -0.2) is 8.78 Å². The second-order valence-electron chi connectivity index (χ2n) is 3.73. The second kappa shape index (κ2) is 5.91. The Labute approximate surface area is 93.3 Å². The summed E-state index contributed by atoms with van der Waals surface area (Å²) in [6, 6.07) is 0. The summed E-state index contributed by atoms with van der Waals surface area (Å²) in [7, 11) is 0. The fraction of sp³-hybridized carbons (Fsp3) is 0.700. The molecule has 2 N–H and O–H groups in total. The topological polar surface area (TPSA) is 50.1 Å². The fourth-order valence-corrected chi connectivity index (χ4v) is 1.29. The molecule has 0 unspecified atom stereocenters. The van der Waals surface area contributed by atoms with Crippen LogP contribution in [0.5, 0.6) is 0 Å². The highest BCUT2D eigenvalue weighted by molar-refractivity contribution is 5.03. The third kappa shape index (κ3) is 4.24. The van der Waals surface area contributed by atoms with Crippen LogP contribution in [0.2, 0.25) is 0 Å². The van der Waals surface area contributed by atoms with Crippen LogP contribution in [-0.2, 0) is 13.1 Å². The molecule has 0 aromatic carbocycles. The van der Waals surface area contributed by atoms with Crippen LogP contribution in [0, 0.1) is 0 Å². The Kier molecular flexibility index (Phi) is 4.82. The SMILES string of the molecule is CCCn1cc(CNCC(F)(F)CO)cn1. The minimum atomic E-state index is -3.06. The van der Waals surface area contributed by atoms with Crippen LogP contribution >= 0.6 is 0 Å². The van der Waals surface area contributed by atoms with Crippen molar-refractivity contribution in [1.82, 2.24) is 15.1 Å². The molecule has 0 saturated heterocycles. The lowest BCUT2D eigenvalue weighted by Crippen LogP contribution is -2.35. The summed E-state index contributed by atoms with van der Waals surface area (Å²) in [5.41, 5.74) is 0.863. The van der Waals surface area contributed by atoms with Gasteiger partial charge in [-0.1, -0.05) is 6.92 Å². The van der Waals surface area contributed by atoms with Crippen LogP contribution < -0.4 is 5.32 Å². The summed E-state index contributed by atoms with van der Waals surface area (Å²) in [5, 5.41) is 15.0. The van der Waals surface area contributed by atoms with Gasteiger partial charge in [-0.2, -0.15) is 5.10 Å². The van der Waals surface area contributed by atoms with Crippen molar-refractivity contribution >= 4 is 0 Å². The number of aliphatic hydroxyl groups is 1. The van der Waals surface area contributed by atoms with Gasteiger partial charge in [0.1, 0.15) is 6.61 Å². The highest BCUT2D eigenvalue weighted by Gasteiger charge is 2.26. The molecule has 16 heavy (non-hydrogen) atoms. The van der Waals surface area contributed by atoms with Crippen molar-refractivity contribution in [3.63, 3.8) is 0 Å². The summed E-state index contributed by atoms with van der Waals surface area (Å²) in [6.45, 7) is 1.55. The van der Waals surface area contributed by atoms with Crippen molar-refractivity contribution in [3.05, 3.63) is 18.0 Å². The molecule has 0 spiro atoms. The van der Waals surface area contributed by atoms with E-state index < -0.39 is 19.1 Å². The van der Waals surface area contributed by atoms with Crippen LogP contribution in [0.4, 0.5) is 8.78 Å². The zero-order valence-corrected chi connectivity index (χ0v) is 9.29. The minimum absolute atomic E-state index is 0.333. The van der Waals surface area contributed by atoms with E-state index in [2.05, 4.69) is 10.4 Å². The third-order valence-corrected chi connectivity index (χ3v) is 2.08. The number of alkyl halides is 2. The Hall–Kier alpha value is -1.01. The number of hydrogen-bond donors (Lipinski definition) is 2. The number of hydrogen-bond acceptors (Lipinski definition) is 3. The van der Waals surface area contributed by atoms with E-state index in [1.807, 2.05) is 13.1 Å². The van der Waals surface area contributed by atoms with E-state index in [9.17, 15) is 8.78 Å². The molecule has 92 valence electrons. The molecule has 0 aliphatic heterocycles. The van der Waals surface area contributed by atoms with Crippen molar-refractivity contribution in [1.29, 1.82) is 0 Å². The largest absolute Gasteiger partial charge is 0.390 e. The van der Waals surface area contributed by atoms with Crippen molar-refractivity contribution in [3.8, 4) is 0 Å². The summed E-state index contributed by atoms with van der Waals surface area (Å²) < 4.78 is 27.1. The van der Waals surface area contributed by atoms with Crippen molar-refractivity contribution in [2.45, 2.75) is 32.4 Å². The maximum Gasteiger partial charge on any atom is 0.282 e. The molecule has 0 aliphatic carbocycles. The average molecular weight is 233 g/mol. The van der Waals surface area contributed by atoms with Crippen LogP contribution in [0.25, 0.3) is 0 Å². The van der Waals surface area contributed by atoms with Gasteiger partial charge >= 0.3 is 0 Å². The van der Waals surface area contributed by atoms with E-state index in [0.29, 0.717) is 6.54 Å². The van der Waals surface area contributed by atoms with E-state index in [-0.39, 0.29) is 0 Å². The van der Waals surface area contributed by atoms with E-state index in [0.717, 1.165) is 18.5 Å². The summed E-state index contributed by atoms with van der Waals surface area (Å²) in [6.07, 6.45) is 4.46. The molecule has 0 aliphatic rings. The van der Waals surface area contributed by atoms with Gasteiger partial charge in [-0.15, -0.1) is 0 Å². The molecule has 1 rings (SSSR count). The van der Waals surface area contributed by atoms with Crippen molar-refractivity contribution < 1.29 is 13.9 Å². The maximum atomic E-state index is 12.6. The first-order valence-electron chi connectivity index (χ1n) is 5.28. The van der Waals surface area contributed by atoms with Gasteiger partial charge in [0.05, 0.1) is 12.7 Å². The first-order valence-corrected chi connectivity index (χ1v) is 5.28. The number of nitrogens with one attached hydrogen (secondary N) is 1. The lowest BCUT2D eigenvalue weighted by molar-refractivity contribution is -0.0477. The molecular weight excluding hydrogens is 216 g/mol. The molecular formula is C10H17F2N3O. The Morgan fingerprint density at radius 1 is 1.56 bits per heavy atom. The summed E-state index contributed by atoms with van der Waals surface area (Å²) in [4.78, 5) is 0. The Balaban J connectivity index is 2.31. The molecule has 4 nitrogen and oxygen atoms in total. The van der Waals surface area contributed by atoms with E-state index >= 15 is 0 Å². The Morgan fingerprint density at radius 2 is 2.31 bits per heavy atom. The molecule has 1 aromatic heterocycles. The number of aliphatic hydroxyl groups excluding tert-OH is 1. The predicted octanol–water partition coefficient (Wildman–Crippen LogP) is 1.01. The van der Waals surface area contributed by atoms with Gasteiger partial charge in [0.15, 0.2) is 0 Å². The average Bonchev–Trinajstić information content (AvgIpc) is 2.66. The number of halogens is 2. The second-order valence-corrected chi connectivity index (χ2v) is 3.73. The van der Waals surface area contributed by atoms with Crippen molar-refractivity contribution in [2.75, 3.05) is 13.2 Å². The van der Waals surface area contributed by atoms with Gasteiger partial charge < -0.3 is 10.4 Å². The Morgan fingerprint density at radius 3 is 2.94 bits per heavy atom. The molecule has 0 amide bonds. The molecule has 0 saturated carbocycles. The van der Waals surface area contributed by atoms with Crippen LogP contribution in [-0.4, -0.2) is 34.0 Å². The van der Waals surface area contributed by atoms with Gasteiger partial charge in [-0.3, -0.25) is 4.68 Å². The van der Waals surface area contributed by atoms with Crippen LogP contribution in [0.15, 0.2) is 12.4 Å². The number of aryl methyl sites for hydroxylation is 1. The van der Waals surface area contributed by atoms with Crippen LogP contribution in [0.3, 0.4) is 0 Å². The molecule has 1 aromatic rings. The smallest absolute Gasteiger partial charge is 0.282 e. The first kappa shape index (κ1) is 13.1. The zero-order valence-electron chi connectivity index (χ0n) is 9.29. The summed E-state index contributed by atoms with van der Waals surface area (Å²) in [5.74, 6) is -3.06. The quantitative estimate of drug-likeness (QED) is 0.739. The third-order valence-electron chi connectivity index (χ3n) is 2.08. The molecule has 1 heterocycles. The minimum Gasteiger partial charge on any atom is -0.390 e. The van der Waals surface area contributed by atoms with Crippen molar-refractivity contribution in [2.24, 2.45) is 0 Å². The van der Waals surface area contributed by atoms with Gasteiger partial charge in [-0.05, 0) is 6.42 Å². The standard InChI is InChI=1S/C10H17F2N3O/c1-2-3-15-6-9(5-14-15)4-13-7-10(11,12)8-16/h5-6,13,16H,2-4,7-8H2,1H3. The van der Waals surface area contributed by atoms with Gasteiger partial charge in [0.2, 0.25) is 0 Å². The predicted molar refractivity (Wildman–Crippen MR) is 56.3 cm³/mol. The monoisotopic (exact) mass is 233 g/mol. The Bertz CT molecular complexity index is 315. The first-order chi connectivity index (χ1) is 7.57. The highest BCUT2D eigenvalue weighted by Crippen LogP contribution is 2.10. The van der Waals surface area contributed by atoms with Crippen LogP contribution in [0.1, 0.15) is 18.9 Å². The zero-order chi connectivity index (χ0) is 12.0. The molecule has 0 bridgehead atoms. The van der Waals surface area contributed by atoms with Gasteiger partial charge in [0.25, 0.3) is 5.92 Å². The number of nitrogens with zero attached hydrogens (tertiary/aromatic N) is 2. The lowest BCUT2D eigenvalue weighted by Gasteiger charge is -2.13. The molecule has 0 radical (unpaired) electrons. The maximum absolute atomic E-state index is 12.6. The molecule has 0 fully saturated rings. The number of rotatable bonds is 7. The van der Waals surface area contributed by atoms with E-state index in [1.54, 1.807) is 10.9 Å². The normalized spacial score (nSPS) is 12.0. The van der Waals surface area contributed by atoms with Gasteiger partial charge in [0, 0.05) is 24.8 Å². The molecule has 6 heteroatoms. The number of aromatic nitrogens is 2. The fourth-order valence-electron chi connectivity index (χ4n) is 1.29.